The fourth-order valence-electron chi connectivity index (χ4n) is 4.19. The third kappa shape index (κ3) is 7.60. The molecule has 0 bridgehead atoms. The highest BCUT2D eigenvalue weighted by molar-refractivity contribution is 7.98. The summed E-state index contributed by atoms with van der Waals surface area (Å²) in [6.45, 7) is 8.15. The van der Waals surface area contributed by atoms with Crippen LogP contribution >= 0.6 is 11.8 Å². The minimum absolute atomic E-state index is 0.171. The second-order valence-electron chi connectivity index (χ2n) is 9.82. The Kier molecular flexibility index (Phi) is 9.60. The standard InChI is InChI=1S/C32H35N3O3S/c1-23-6-11-27(20-24(23)21-36)33-17-5-19-37-29-12-7-25(8-13-29)32(2,3)26-9-14-30(15-10-26)38-22-28-16-18-34-31(35-28)39-4/h6-16,18,20-21,33H,5,17,19,22H2,1-4H3. The van der Waals surface area contributed by atoms with Crippen LogP contribution in [0.5, 0.6) is 11.5 Å². The molecule has 0 atom stereocenters. The van der Waals surface area contributed by atoms with Crippen LogP contribution in [0.25, 0.3) is 0 Å². The number of rotatable bonds is 13. The molecule has 0 saturated heterocycles. The quantitative estimate of drug-likeness (QED) is 0.0837. The van der Waals surface area contributed by atoms with Crippen LogP contribution in [0.4, 0.5) is 5.69 Å². The van der Waals surface area contributed by atoms with E-state index in [9.17, 15) is 4.79 Å². The van der Waals surface area contributed by atoms with Crippen LogP contribution in [-0.4, -0.2) is 35.7 Å². The summed E-state index contributed by atoms with van der Waals surface area (Å²) in [6, 6.07) is 24.3. The van der Waals surface area contributed by atoms with Gasteiger partial charge in [0, 0.05) is 29.4 Å². The van der Waals surface area contributed by atoms with Crippen molar-refractivity contribution in [1.29, 1.82) is 0 Å². The summed E-state index contributed by atoms with van der Waals surface area (Å²) < 4.78 is 11.9. The molecule has 1 aromatic heterocycles. The van der Waals surface area contributed by atoms with E-state index in [1.165, 1.54) is 22.9 Å². The van der Waals surface area contributed by atoms with E-state index in [0.29, 0.717) is 18.8 Å². The Morgan fingerprint density at radius 2 is 1.59 bits per heavy atom. The van der Waals surface area contributed by atoms with E-state index < -0.39 is 0 Å². The molecule has 1 N–H and O–H groups in total. The van der Waals surface area contributed by atoms with Crippen LogP contribution < -0.4 is 14.8 Å². The first-order chi connectivity index (χ1) is 18.9. The first-order valence-corrected chi connectivity index (χ1v) is 14.2. The van der Waals surface area contributed by atoms with Gasteiger partial charge in [-0.2, -0.15) is 0 Å². The normalized spacial score (nSPS) is 11.2. The number of nitrogens with one attached hydrogen (secondary N) is 1. The number of carbonyl (C=O) groups is 1. The van der Waals surface area contributed by atoms with E-state index in [2.05, 4.69) is 53.4 Å². The number of aryl methyl sites for hydroxylation is 1. The molecule has 202 valence electrons. The molecule has 0 radical (unpaired) electrons. The maximum Gasteiger partial charge on any atom is 0.187 e. The number of hydrogen-bond acceptors (Lipinski definition) is 7. The molecule has 0 fully saturated rings. The monoisotopic (exact) mass is 541 g/mol. The second kappa shape index (κ2) is 13.3. The largest absolute Gasteiger partial charge is 0.494 e. The lowest BCUT2D eigenvalue weighted by Crippen LogP contribution is -2.18. The van der Waals surface area contributed by atoms with Gasteiger partial charge in [-0.3, -0.25) is 4.79 Å². The van der Waals surface area contributed by atoms with Crippen molar-refractivity contribution in [3.63, 3.8) is 0 Å². The number of aromatic nitrogens is 2. The van der Waals surface area contributed by atoms with Gasteiger partial charge in [0.25, 0.3) is 0 Å². The molecule has 4 rings (SSSR count). The summed E-state index contributed by atoms with van der Waals surface area (Å²) in [6.07, 6.45) is 5.46. The number of hydrogen-bond donors (Lipinski definition) is 1. The van der Waals surface area contributed by atoms with Gasteiger partial charge in [-0.1, -0.05) is 55.9 Å². The SMILES string of the molecule is CSc1nccc(COc2ccc(C(C)(C)c3ccc(OCCCNc4ccc(C)c(C=O)c4)cc3)cc2)n1. The van der Waals surface area contributed by atoms with Crippen LogP contribution in [0, 0.1) is 6.92 Å². The van der Waals surface area contributed by atoms with Crippen molar-refractivity contribution in [2.75, 3.05) is 24.7 Å². The molecule has 4 aromatic rings. The van der Waals surface area contributed by atoms with Crippen molar-refractivity contribution in [2.45, 2.75) is 44.4 Å². The van der Waals surface area contributed by atoms with Crippen molar-refractivity contribution < 1.29 is 14.3 Å². The Morgan fingerprint density at radius 3 is 2.23 bits per heavy atom. The summed E-state index contributed by atoms with van der Waals surface area (Å²) in [7, 11) is 0. The fraction of sp³-hybridized carbons (Fsp3) is 0.281. The first kappa shape index (κ1) is 28.2. The Labute approximate surface area is 235 Å². The first-order valence-electron chi connectivity index (χ1n) is 13.0. The smallest absolute Gasteiger partial charge is 0.187 e. The molecule has 0 amide bonds. The van der Waals surface area contributed by atoms with Crippen molar-refractivity contribution in [3.05, 3.63) is 107 Å². The maximum absolute atomic E-state index is 11.1. The lowest BCUT2D eigenvalue weighted by Gasteiger charge is -2.26. The zero-order valence-electron chi connectivity index (χ0n) is 22.9. The van der Waals surface area contributed by atoms with Gasteiger partial charge in [-0.25, -0.2) is 9.97 Å². The second-order valence-corrected chi connectivity index (χ2v) is 10.6. The van der Waals surface area contributed by atoms with E-state index in [1.54, 1.807) is 6.20 Å². The molecule has 0 aliphatic rings. The fourth-order valence-corrected chi connectivity index (χ4v) is 4.56. The van der Waals surface area contributed by atoms with E-state index in [1.807, 2.05) is 61.7 Å². The summed E-state index contributed by atoms with van der Waals surface area (Å²) in [5.41, 5.74) is 5.75. The van der Waals surface area contributed by atoms with Gasteiger partial charge < -0.3 is 14.8 Å². The molecular weight excluding hydrogens is 506 g/mol. The van der Waals surface area contributed by atoms with Gasteiger partial charge in [0.1, 0.15) is 24.4 Å². The zero-order valence-corrected chi connectivity index (χ0v) is 23.8. The van der Waals surface area contributed by atoms with Crippen molar-refractivity contribution in [3.8, 4) is 11.5 Å². The summed E-state index contributed by atoms with van der Waals surface area (Å²) >= 11 is 1.52. The number of thioether (sulfide) groups is 1. The summed E-state index contributed by atoms with van der Waals surface area (Å²) in [5, 5.41) is 4.10. The van der Waals surface area contributed by atoms with Gasteiger partial charge in [-0.15, -0.1) is 0 Å². The molecule has 0 spiro atoms. The van der Waals surface area contributed by atoms with E-state index in [-0.39, 0.29) is 5.41 Å². The number of benzene rings is 3. The van der Waals surface area contributed by atoms with E-state index >= 15 is 0 Å². The molecule has 7 heteroatoms. The molecule has 0 saturated carbocycles. The zero-order chi connectivity index (χ0) is 27.7. The van der Waals surface area contributed by atoms with Gasteiger partial charge in [-0.05, 0) is 78.8 Å². The van der Waals surface area contributed by atoms with Crippen molar-refractivity contribution >= 4 is 23.7 Å². The predicted molar refractivity (Wildman–Crippen MR) is 158 cm³/mol. The average Bonchev–Trinajstić information content (AvgIpc) is 2.97. The van der Waals surface area contributed by atoms with E-state index in [0.717, 1.165) is 52.9 Å². The number of aldehydes is 1. The van der Waals surface area contributed by atoms with Crippen LogP contribution in [0.3, 0.4) is 0 Å². The van der Waals surface area contributed by atoms with Gasteiger partial charge in [0.15, 0.2) is 5.16 Å². The topological polar surface area (TPSA) is 73.3 Å². The number of carbonyl (C=O) groups excluding carboxylic acids is 1. The molecule has 1 heterocycles. The summed E-state index contributed by atoms with van der Waals surface area (Å²) in [5.74, 6) is 1.66. The Morgan fingerprint density at radius 1 is 0.923 bits per heavy atom. The highest BCUT2D eigenvalue weighted by Gasteiger charge is 2.23. The Balaban J connectivity index is 1.26. The molecule has 6 nitrogen and oxygen atoms in total. The third-order valence-electron chi connectivity index (χ3n) is 6.74. The number of nitrogens with zero attached hydrogens (tertiary/aromatic N) is 2. The predicted octanol–water partition coefficient (Wildman–Crippen LogP) is 7.11. The van der Waals surface area contributed by atoms with Gasteiger partial charge >= 0.3 is 0 Å². The lowest BCUT2D eigenvalue weighted by molar-refractivity contribution is 0.112. The molecule has 39 heavy (non-hydrogen) atoms. The van der Waals surface area contributed by atoms with Crippen molar-refractivity contribution in [2.24, 2.45) is 0 Å². The number of anilines is 1. The van der Waals surface area contributed by atoms with Gasteiger partial charge in [0.2, 0.25) is 0 Å². The minimum atomic E-state index is -0.171. The highest BCUT2D eigenvalue weighted by atomic mass is 32.2. The van der Waals surface area contributed by atoms with Crippen LogP contribution in [0.2, 0.25) is 0 Å². The van der Waals surface area contributed by atoms with Crippen LogP contribution in [0.15, 0.2) is 84.1 Å². The maximum atomic E-state index is 11.1. The molecule has 0 unspecified atom stereocenters. The molecule has 0 aliphatic carbocycles. The minimum Gasteiger partial charge on any atom is -0.494 e. The lowest BCUT2D eigenvalue weighted by atomic mass is 9.78. The molecule has 0 aliphatic heterocycles. The van der Waals surface area contributed by atoms with E-state index in [4.69, 9.17) is 9.47 Å². The molecular formula is C32H35N3O3S. The van der Waals surface area contributed by atoms with Gasteiger partial charge in [0.05, 0.1) is 12.3 Å². The Bertz CT molecular complexity index is 1370. The summed E-state index contributed by atoms with van der Waals surface area (Å²) in [4.78, 5) is 19.8. The van der Waals surface area contributed by atoms with Crippen LogP contribution in [0.1, 0.15) is 53.0 Å². The average molecular weight is 542 g/mol. The third-order valence-corrected chi connectivity index (χ3v) is 7.30. The Hall–Kier alpha value is -3.84. The highest BCUT2D eigenvalue weighted by Crippen LogP contribution is 2.33. The number of ether oxygens (including phenoxy) is 2. The van der Waals surface area contributed by atoms with Crippen LogP contribution in [-0.2, 0) is 12.0 Å². The molecule has 3 aromatic carbocycles. The van der Waals surface area contributed by atoms with Crippen molar-refractivity contribution in [1.82, 2.24) is 9.97 Å².